The SMILES string of the molecule is CN(C(=O)NN)c1cccc2c1Sc1ccccc1O2. The quantitative estimate of drug-likeness (QED) is 0.410. The van der Waals surface area contributed by atoms with Crippen molar-refractivity contribution in [3.8, 4) is 11.5 Å². The van der Waals surface area contributed by atoms with Gasteiger partial charge in [0.1, 0.15) is 11.5 Å². The lowest BCUT2D eigenvalue weighted by Gasteiger charge is -2.25. The Morgan fingerprint density at radius 2 is 1.95 bits per heavy atom. The number of benzene rings is 2. The van der Waals surface area contributed by atoms with Crippen LogP contribution in [-0.4, -0.2) is 13.1 Å². The average Bonchev–Trinajstić information content (AvgIpc) is 2.50. The molecule has 20 heavy (non-hydrogen) atoms. The first-order valence-electron chi connectivity index (χ1n) is 6.03. The summed E-state index contributed by atoms with van der Waals surface area (Å²) >= 11 is 1.58. The van der Waals surface area contributed by atoms with Crippen molar-refractivity contribution in [3.63, 3.8) is 0 Å². The molecule has 2 amide bonds. The fourth-order valence-corrected chi connectivity index (χ4v) is 3.10. The maximum atomic E-state index is 11.7. The Hall–Kier alpha value is -2.18. The summed E-state index contributed by atoms with van der Waals surface area (Å²) in [5.41, 5.74) is 2.88. The molecule has 0 unspecified atom stereocenters. The summed E-state index contributed by atoms with van der Waals surface area (Å²) < 4.78 is 5.87. The van der Waals surface area contributed by atoms with Crippen molar-refractivity contribution >= 4 is 23.5 Å². The molecule has 1 aliphatic rings. The summed E-state index contributed by atoms with van der Waals surface area (Å²) in [6.07, 6.45) is 0. The van der Waals surface area contributed by atoms with Gasteiger partial charge in [0.05, 0.1) is 15.5 Å². The third kappa shape index (κ3) is 2.09. The van der Waals surface area contributed by atoms with Crippen molar-refractivity contribution in [3.05, 3.63) is 42.5 Å². The second kappa shape index (κ2) is 5.07. The van der Waals surface area contributed by atoms with Crippen LogP contribution in [0.4, 0.5) is 10.5 Å². The molecule has 0 aromatic heterocycles. The number of anilines is 1. The maximum absolute atomic E-state index is 11.7. The molecule has 5 nitrogen and oxygen atoms in total. The Balaban J connectivity index is 2.04. The lowest BCUT2D eigenvalue weighted by atomic mass is 10.2. The minimum absolute atomic E-state index is 0.377. The van der Waals surface area contributed by atoms with E-state index in [0.29, 0.717) is 0 Å². The Bertz CT molecular complexity index is 675. The van der Waals surface area contributed by atoms with Crippen LogP contribution in [0.15, 0.2) is 52.3 Å². The molecule has 0 spiro atoms. The lowest BCUT2D eigenvalue weighted by molar-refractivity contribution is 0.247. The van der Waals surface area contributed by atoms with E-state index in [9.17, 15) is 4.79 Å². The molecule has 0 saturated carbocycles. The summed E-state index contributed by atoms with van der Waals surface area (Å²) in [6, 6.07) is 13.0. The zero-order valence-electron chi connectivity index (χ0n) is 10.8. The van der Waals surface area contributed by atoms with Crippen molar-refractivity contribution in [2.24, 2.45) is 5.84 Å². The first-order chi connectivity index (χ1) is 9.70. The van der Waals surface area contributed by atoms with E-state index in [0.717, 1.165) is 27.0 Å². The molecule has 6 heteroatoms. The lowest BCUT2D eigenvalue weighted by Crippen LogP contribution is -2.41. The van der Waals surface area contributed by atoms with Gasteiger partial charge in [-0.2, -0.15) is 0 Å². The van der Waals surface area contributed by atoms with Crippen LogP contribution in [0.25, 0.3) is 0 Å². The van der Waals surface area contributed by atoms with Crippen LogP contribution in [-0.2, 0) is 0 Å². The van der Waals surface area contributed by atoms with Crippen molar-refractivity contribution in [2.75, 3.05) is 11.9 Å². The second-order valence-corrected chi connectivity index (χ2v) is 5.32. The molecule has 0 fully saturated rings. The van der Waals surface area contributed by atoms with Gasteiger partial charge in [-0.25, -0.2) is 10.6 Å². The van der Waals surface area contributed by atoms with Gasteiger partial charge in [-0.15, -0.1) is 0 Å². The Kier molecular flexibility index (Phi) is 3.25. The number of nitrogens with two attached hydrogens (primary N) is 1. The number of nitrogens with zero attached hydrogens (tertiary/aromatic N) is 1. The van der Waals surface area contributed by atoms with E-state index in [4.69, 9.17) is 10.6 Å². The first-order valence-corrected chi connectivity index (χ1v) is 6.84. The maximum Gasteiger partial charge on any atom is 0.335 e. The van der Waals surface area contributed by atoms with Crippen LogP contribution in [0, 0.1) is 0 Å². The molecular formula is C14H13N3O2S. The molecule has 2 aromatic rings. The molecule has 0 radical (unpaired) electrons. The Morgan fingerprint density at radius 1 is 1.20 bits per heavy atom. The molecule has 1 heterocycles. The number of rotatable bonds is 1. The molecule has 102 valence electrons. The van der Waals surface area contributed by atoms with E-state index in [1.165, 1.54) is 4.90 Å². The van der Waals surface area contributed by atoms with Gasteiger partial charge >= 0.3 is 6.03 Å². The zero-order chi connectivity index (χ0) is 14.1. The van der Waals surface area contributed by atoms with E-state index >= 15 is 0 Å². The largest absolute Gasteiger partial charge is 0.455 e. The highest BCUT2D eigenvalue weighted by atomic mass is 32.2. The number of nitrogens with one attached hydrogen (secondary N) is 1. The number of hydrogen-bond donors (Lipinski definition) is 2. The third-order valence-electron chi connectivity index (χ3n) is 3.03. The number of fused-ring (bicyclic) bond motifs is 2. The van der Waals surface area contributed by atoms with Gasteiger partial charge in [0.25, 0.3) is 0 Å². The van der Waals surface area contributed by atoms with Crippen LogP contribution in [0.1, 0.15) is 0 Å². The highest BCUT2D eigenvalue weighted by Crippen LogP contribution is 2.50. The van der Waals surface area contributed by atoms with Crippen molar-refractivity contribution in [2.45, 2.75) is 9.79 Å². The number of ether oxygens (including phenoxy) is 1. The zero-order valence-corrected chi connectivity index (χ0v) is 11.6. The smallest absolute Gasteiger partial charge is 0.335 e. The van der Waals surface area contributed by atoms with Crippen molar-refractivity contribution in [1.29, 1.82) is 0 Å². The number of urea groups is 1. The molecule has 1 aliphatic heterocycles. The summed E-state index contributed by atoms with van der Waals surface area (Å²) in [6.45, 7) is 0. The fraction of sp³-hybridized carbons (Fsp3) is 0.0714. The highest BCUT2D eigenvalue weighted by molar-refractivity contribution is 7.99. The number of carbonyl (C=O) groups is 1. The van der Waals surface area contributed by atoms with Gasteiger partial charge in [-0.3, -0.25) is 10.3 Å². The van der Waals surface area contributed by atoms with Crippen LogP contribution in [0.2, 0.25) is 0 Å². The van der Waals surface area contributed by atoms with Gasteiger partial charge in [0.15, 0.2) is 0 Å². The minimum Gasteiger partial charge on any atom is -0.455 e. The molecule has 0 atom stereocenters. The van der Waals surface area contributed by atoms with Crippen LogP contribution in [0.3, 0.4) is 0 Å². The normalized spacial score (nSPS) is 11.9. The molecule has 0 bridgehead atoms. The fourth-order valence-electron chi connectivity index (χ4n) is 2.00. The van der Waals surface area contributed by atoms with Crippen LogP contribution in [0.5, 0.6) is 11.5 Å². The standard InChI is InChI=1S/C14H13N3O2S/c1-17(14(18)16-15)9-5-4-7-11-13(9)20-12-8-3-2-6-10(12)19-11/h2-8H,15H2,1H3,(H,16,18). The monoisotopic (exact) mass is 287 g/mol. The van der Waals surface area contributed by atoms with Gasteiger partial charge in [-0.05, 0) is 24.3 Å². The van der Waals surface area contributed by atoms with E-state index < -0.39 is 0 Å². The van der Waals surface area contributed by atoms with E-state index in [-0.39, 0.29) is 6.03 Å². The van der Waals surface area contributed by atoms with Crippen LogP contribution < -0.4 is 20.9 Å². The van der Waals surface area contributed by atoms with Gasteiger partial charge in [-0.1, -0.05) is 30.0 Å². The topological polar surface area (TPSA) is 67.6 Å². The number of carbonyl (C=O) groups excluding carboxylic acids is 1. The second-order valence-electron chi connectivity index (χ2n) is 4.26. The summed E-state index contributed by atoms with van der Waals surface area (Å²) in [7, 11) is 1.67. The average molecular weight is 287 g/mol. The molecule has 3 rings (SSSR count). The first kappa shape index (κ1) is 12.8. The molecule has 2 aromatic carbocycles. The molecular weight excluding hydrogens is 274 g/mol. The number of hydrogen-bond acceptors (Lipinski definition) is 4. The van der Waals surface area contributed by atoms with E-state index in [1.807, 2.05) is 42.5 Å². The minimum atomic E-state index is -0.377. The molecule has 0 saturated heterocycles. The summed E-state index contributed by atoms with van der Waals surface area (Å²) in [5.74, 6) is 6.75. The predicted octanol–water partition coefficient (Wildman–Crippen LogP) is 2.96. The number of amides is 2. The summed E-state index contributed by atoms with van der Waals surface area (Å²) in [4.78, 5) is 15.1. The number of para-hydroxylation sites is 1. The summed E-state index contributed by atoms with van der Waals surface area (Å²) in [5, 5.41) is 0. The van der Waals surface area contributed by atoms with E-state index in [2.05, 4.69) is 5.43 Å². The van der Waals surface area contributed by atoms with Gasteiger partial charge in [0, 0.05) is 7.05 Å². The third-order valence-corrected chi connectivity index (χ3v) is 4.20. The Morgan fingerprint density at radius 3 is 2.75 bits per heavy atom. The number of hydrazine groups is 1. The van der Waals surface area contributed by atoms with Crippen LogP contribution >= 0.6 is 11.8 Å². The van der Waals surface area contributed by atoms with Gasteiger partial charge in [0.2, 0.25) is 0 Å². The molecule has 0 aliphatic carbocycles. The van der Waals surface area contributed by atoms with E-state index in [1.54, 1.807) is 18.8 Å². The van der Waals surface area contributed by atoms with Gasteiger partial charge < -0.3 is 4.74 Å². The Labute approximate surface area is 120 Å². The highest BCUT2D eigenvalue weighted by Gasteiger charge is 2.23. The van der Waals surface area contributed by atoms with Crippen molar-refractivity contribution in [1.82, 2.24) is 5.43 Å². The predicted molar refractivity (Wildman–Crippen MR) is 78.2 cm³/mol. The van der Waals surface area contributed by atoms with Crippen molar-refractivity contribution < 1.29 is 9.53 Å². The molecule has 3 N–H and O–H groups in total.